The van der Waals surface area contributed by atoms with Gasteiger partial charge in [-0.1, -0.05) is 6.07 Å². The molecule has 1 atom stereocenters. The van der Waals surface area contributed by atoms with E-state index in [-0.39, 0.29) is 39.9 Å². The predicted molar refractivity (Wildman–Crippen MR) is 96.1 cm³/mol. The maximum atomic E-state index is 12.5. The number of allylic oxidation sites excluding steroid dienone is 2. The molecule has 1 aliphatic heterocycles. The molecule has 2 rings (SSSR count). The summed E-state index contributed by atoms with van der Waals surface area (Å²) in [4.78, 5) is 12.5. The first-order valence-electron chi connectivity index (χ1n) is 7.99. The van der Waals surface area contributed by atoms with Gasteiger partial charge >= 0.3 is 5.97 Å². The summed E-state index contributed by atoms with van der Waals surface area (Å²) in [7, 11) is -2.31. The van der Waals surface area contributed by atoms with Crippen LogP contribution in [0.2, 0.25) is 0 Å². The molecule has 27 heavy (non-hydrogen) atoms. The number of rotatable bonds is 5. The Morgan fingerprint density at radius 3 is 2.59 bits per heavy atom. The zero-order valence-corrected chi connectivity index (χ0v) is 16.2. The molecule has 0 amide bonds. The molecule has 144 valence electrons. The highest BCUT2D eigenvalue weighted by atomic mass is 32.2. The zero-order valence-electron chi connectivity index (χ0n) is 15.4. The standard InChI is InChI=1S/C18H20N2O6S/c1-5-25-18(21)15-10(2)26-17(20)13(9-19)16(15)12-7-6-11(24-3)8-14(12)27(4,22)23/h6-8,16H,5,20H2,1-4H3. The first-order valence-corrected chi connectivity index (χ1v) is 9.88. The lowest BCUT2D eigenvalue weighted by Crippen LogP contribution is -2.26. The quantitative estimate of drug-likeness (QED) is 0.750. The molecule has 1 aliphatic rings. The highest BCUT2D eigenvalue weighted by Gasteiger charge is 2.38. The van der Waals surface area contributed by atoms with Crippen LogP contribution in [0.3, 0.4) is 0 Å². The number of nitriles is 1. The van der Waals surface area contributed by atoms with Gasteiger partial charge in [0.25, 0.3) is 0 Å². The van der Waals surface area contributed by atoms with Crippen molar-refractivity contribution < 1.29 is 27.4 Å². The predicted octanol–water partition coefficient (Wildman–Crippen LogP) is 1.74. The van der Waals surface area contributed by atoms with E-state index in [4.69, 9.17) is 19.9 Å². The summed E-state index contributed by atoms with van der Waals surface area (Å²) in [5.74, 6) is -1.48. The number of carbonyl (C=O) groups excluding carboxylic acids is 1. The molecule has 0 spiro atoms. The molecule has 0 bridgehead atoms. The number of sulfone groups is 1. The van der Waals surface area contributed by atoms with Gasteiger partial charge in [0.2, 0.25) is 5.88 Å². The number of methoxy groups -OCH3 is 1. The Labute approximate surface area is 157 Å². The van der Waals surface area contributed by atoms with Crippen LogP contribution < -0.4 is 10.5 Å². The number of carbonyl (C=O) groups is 1. The Kier molecular flexibility index (Phi) is 5.81. The molecule has 9 heteroatoms. The maximum Gasteiger partial charge on any atom is 0.338 e. The van der Waals surface area contributed by atoms with E-state index in [1.165, 1.54) is 26.2 Å². The van der Waals surface area contributed by atoms with Gasteiger partial charge < -0.3 is 19.9 Å². The van der Waals surface area contributed by atoms with Gasteiger partial charge in [0, 0.05) is 6.26 Å². The van der Waals surface area contributed by atoms with Crippen LogP contribution in [-0.2, 0) is 24.1 Å². The average Bonchev–Trinajstić information content (AvgIpc) is 2.60. The minimum atomic E-state index is -3.71. The third kappa shape index (κ3) is 3.90. The number of esters is 1. The molecular formula is C18H20N2O6S. The third-order valence-corrected chi connectivity index (χ3v) is 5.18. The van der Waals surface area contributed by atoms with Crippen molar-refractivity contribution in [2.24, 2.45) is 5.73 Å². The fraction of sp³-hybridized carbons (Fsp3) is 0.333. The average molecular weight is 392 g/mol. The lowest BCUT2D eigenvalue weighted by atomic mass is 9.83. The van der Waals surface area contributed by atoms with Gasteiger partial charge in [0.05, 0.1) is 30.1 Å². The van der Waals surface area contributed by atoms with E-state index in [0.29, 0.717) is 5.75 Å². The molecule has 0 aromatic heterocycles. The minimum absolute atomic E-state index is 0.0256. The molecule has 0 aliphatic carbocycles. The molecule has 0 saturated heterocycles. The molecule has 1 aromatic rings. The second-order valence-electron chi connectivity index (χ2n) is 5.79. The van der Waals surface area contributed by atoms with Gasteiger partial charge in [-0.05, 0) is 31.5 Å². The lowest BCUT2D eigenvalue weighted by molar-refractivity contribution is -0.139. The molecule has 8 nitrogen and oxygen atoms in total. The Bertz CT molecular complexity index is 986. The Morgan fingerprint density at radius 1 is 1.41 bits per heavy atom. The number of nitrogens with zero attached hydrogens (tertiary/aromatic N) is 1. The second kappa shape index (κ2) is 7.72. The van der Waals surface area contributed by atoms with E-state index in [9.17, 15) is 18.5 Å². The van der Waals surface area contributed by atoms with E-state index in [1.807, 2.05) is 6.07 Å². The first-order chi connectivity index (χ1) is 12.6. The number of benzene rings is 1. The Hall–Kier alpha value is -2.99. The van der Waals surface area contributed by atoms with Crippen LogP contribution in [0.15, 0.2) is 45.9 Å². The van der Waals surface area contributed by atoms with Crippen LogP contribution >= 0.6 is 0 Å². The van der Waals surface area contributed by atoms with Crippen LogP contribution in [0.25, 0.3) is 0 Å². The van der Waals surface area contributed by atoms with Crippen molar-refractivity contribution in [2.75, 3.05) is 20.0 Å². The van der Waals surface area contributed by atoms with Crippen molar-refractivity contribution in [2.45, 2.75) is 24.7 Å². The van der Waals surface area contributed by atoms with Crippen molar-refractivity contribution in [3.05, 3.63) is 46.6 Å². The number of nitrogens with two attached hydrogens (primary N) is 1. The maximum absolute atomic E-state index is 12.5. The zero-order chi connectivity index (χ0) is 20.4. The number of ether oxygens (including phenoxy) is 3. The summed E-state index contributed by atoms with van der Waals surface area (Å²) in [6.07, 6.45) is 1.03. The van der Waals surface area contributed by atoms with E-state index in [0.717, 1.165) is 6.26 Å². The van der Waals surface area contributed by atoms with E-state index >= 15 is 0 Å². The van der Waals surface area contributed by atoms with Crippen molar-refractivity contribution >= 4 is 15.8 Å². The monoisotopic (exact) mass is 392 g/mol. The molecule has 0 saturated carbocycles. The van der Waals surface area contributed by atoms with Crippen molar-refractivity contribution in [3.63, 3.8) is 0 Å². The fourth-order valence-corrected chi connectivity index (χ4v) is 3.81. The largest absolute Gasteiger partial charge is 0.497 e. The Morgan fingerprint density at radius 2 is 2.07 bits per heavy atom. The molecule has 0 radical (unpaired) electrons. The van der Waals surface area contributed by atoms with Crippen LogP contribution in [0.4, 0.5) is 0 Å². The molecule has 1 aromatic carbocycles. The topological polar surface area (TPSA) is 129 Å². The van der Waals surface area contributed by atoms with Gasteiger partial charge in [-0.3, -0.25) is 0 Å². The summed E-state index contributed by atoms with van der Waals surface area (Å²) in [5.41, 5.74) is 6.00. The molecule has 1 heterocycles. The van der Waals surface area contributed by atoms with Crippen LogP contribution in [-0.4, -0.2) is 34.4 Å². The fourth-order valence-electron chi connectivity index (χ4n) is 2.87. The summed E-state index contributed by atoms with van der Waals surface area (Å²) < 4.78 is 40.3. The third-order valence-electron chi connectivity index (χ3n) is 4.03. The highest BCUT2D eigenvalue weighted by molar-refractivity contribution is 7.90. The van der Waals surface area contributed by atoms with Crippen molar-refractivity contribution in [1.29, 1.82) is 5.26 Å². The SMILES string of the molecule is CCOC(=O)C1=C(C)OC(N)=C(C#N)C1c1ccc(OC)cc1S(C)(=O)=O. The first kappa shape index (κ1) is 20.3. The van der Waals surface area contributed by atoms with Gasteiger partial charge in [-0.15, -0.1) is 0 Å². The van der Waals surface area contributed by atoms with Gasteiger partial charge in [0.15, 0.2) is 9.84 Å². The van der Waals surface area contributed by atoms with E-state index in [1.54, 1.807) is 13.0 Å². The molecule has 2 N–H and O–H groups in total. The minimum Gasteiger partial charge on any atom is -0.497 e. The summed E-state index contributed by atoms with van der Waals surface area (Å²) in [6.45, 7) is 3.24. The lowest BCUT2D eigenvalue weighted by Gasteiger charge is -2.28. The molecule has 1 unspecified atom stereocenters. The second-order valence-corrected chi connectivity index (χ2v) is 7.78. The Balaban J connectivity index is 2.83. The van der Waals surface area contributed by atoms with Gasteiger partial charge in [-0.2, -0.15) is 5.26 Å². The highest BCUT2D eigenvalue weighted by Crippen LogP contribution is 2.42. The number of hydrogen-bond donors (Lipinski definition) is 1. The van der Waals surface area contributed by atoms with Crippen LogP contribution in [0.1, 0.15) is 25.3 Å². The van der Waals surface area contributed by atoms with Crippen molar-refractivity contribution in [1.82, 2.24) is 0 Å². The summed E-state index contributed by atoms with van der Waals surface area (Å²) in [6, 6.07) is 6.29. The smallest absolute Gasteiger partial charge is 0.338 e. The molecular weight excluding hydrogens is 372 g/mol. The number of hydrogen-bond acceptors (Lipinski definition) is 8. The molecule has 0 fully saturated rings. The summed E-state index contributed by atoms with van der Waals surface area (Å²) >= 11 is 0. The van der Waals surface area contributed by atoms with Crippen LogP contribution in [0.5, 0.6) is 5.75 Å². The van der Waals surface area contributed by atoms with Gasteiger partial charge in [-0.25, -0.2) is 13.2 Å². The van der Waals surface area contributed by atoms with Crippen LogP contribution in [0, 0.1) is 11.3 Å². The van der Waals surface area contributed by atoms with E-state index < -0.39 is 21.7 Å². The van der Waals surface area contributed by atoms with Crippen molar-refractivity contribution in [3.8, 4) is 11.8 Å². The van der Waals surface area contributed by atoms with E-state index in [2.05, 4.69) is 0 Å². The van der Waals surface area contributed by atoms with Gasteiger partial charge in [0.1, 0.15) is 23.2 Å². The normalized spacial score (nSPS) is 17.2. The summed E-state index contributed by atoms with van der Waals surface area (Å²) in [5, 5.41) is 9.59.